The molecule has 0 atom stereocenters. The second kappa shape index (κ2) is 5.64. The molecule has 1 heterocycles. The van der Waals surface area contributed by atoms with Crippen molar-refractivity contribution in [3.8, 4) is 0 Å². The van der Waals surface area contributed by atoms with Crippen molar-refractivity contribution in [2.24, 2.45) is 0 Å². The summed E-state index contributed by atoms with van der Waals surface area (Å²) in [6, 6.07) is 12.7. The summed E-state index contributed by atoms with van der Waals surface area (Å²) in [5.41, 5.74) is 4.33. The van der Waals surface area contributed by atoms with E-state index in [1.807, 2.05) is 25.1 Å². The zero-order valence-electron chi connectivity index (χ0n) is 12.6. The zero-order valence-corrected chi connectivity index (χ0v) is 12.6. The predicted molar refractivity (Wildman–Crippen MR) is 84.3 cm³/mol. The van der Waals surface area contributed by atoms with Crippen LogP contribution in [0.15, 0.2) is 42.5 Å². The van der Waals surface area contributed by atoms with E-state index in [4.69, 9.17) is 0 Å². The van der Waals surface area contributed by atoms with Gasteiger partial charge >= 0.3 is 5.97 Å². The predicted octanol–water partition coefficient (Wildman–Crippen LogP) is 2.98. The van der Waals surface area contributed by atoms with Crippen molar-refractivity contribution < 1.29 is 14.3 Å². The van der Waals surface area contributed by atoms with E-state index in [1.165, 1.54) is 7.11 Å². The first kappa shape index (κ1) is 14.3. The van der Waals surface area contributed by atoms with Crippen molar-refractivity contribution in [2.45, 2.75) is 13.3 Å². The Hall–Kier alpha value is -2.62. The van der Waals surface area contributed by atoms with Gasteiger partial charge in [0.15, 0.2) is 0 Å². The van der Waals surface area contributed by atoms with Gasteiger partial charge in [-0.3, -0.25) is 4.79 Å². The zero-order chi connectivity index (χ0) is 15.7. The lowest BCUT2D eigenvalue weighted by Gasteiger charge is -2.29. The minimum atomic E-state index is -0.377. The number of rotatable bonds is 2. The summed E-state index contributed by atoms with van der Waals surface area (Å²) in [4.78, 5) is 25.9. The van der Waals surface area contributed by atoms with Crippen LogP contribution in [-0.2, 0) is 11.2 Å². The molecule has 4 heteroatoms. The van der Waals surface area contributed by atoms with Crippen molar-refractivity contribution in [1.29, 1.82) is 0 Å². The first-order valence-corrected chi connectivity index (χ1v) is 7.20. The van der Waals surface area contributed by atoms with Gasteiger partial charge in [0.05, 0.1) is 12.7 Å². The van der Waals surface area contributed by atoms with Gasteiger partial charge in [-0.15, -0.1) is 0 Å². The average molecular weight is 295 g/mol. The van der Waals surface area contributed by atoms with Crippen molar-refractivity contribution in [1.82, 2.24) is 0 Å². The monoisotopic (exact) mass is 295 g/mol. The maximum Gasteiger partial charge on any atom is 0.337 e. The molecule has 0 aromatic heterocycles. The van der Waals surface area contributed by atoms with E-state index in [1.54, 1.807) is 29.2 Å². The van der Waals surface area contributed by atoms with Gasteiger partial charge in [-0.25, -0.2) is 4.79 Å². The Morgan fingerprint density at radius 1 is 1.14 bits per heavy atom. The number of ether oxygens (including phenoxy) is 1. The first-order valence-electron chi connectivity index (χ1n) is 7.20. The maximum atomic E-state index is 12.7. The summed E-state index contributed by atoms with van der Waals surface area (Å²) in [6.45, 7) is 2.68. The van der Waals surface area contributed by atoms with Crippen LogP contribution in [0.4, 0.5) is 5.69 Å². The Morgan fingerprint density at radius 3 is 2.55 bits per heavy atom. The van der Waals surface area contributed by atoms with Crippen LogP contribution in [0.2, 0.25) is 0 Å². The number of fused-ring (bicyclic) bond motifs is 1. The van der Waals surface area contributed by atoms with Crippen LogP contribution >= 0.6 is 0 Å². The smallest absolute Gasteiger partial charge is 0.337 e. The summed E-state index contributed by atoms with van der Waals surface area (Å²) in [6.07, 6.45) is 0.840. The normalized spacial score (nSPS) is 13.7. The van der Waals surface area contributed by atoms with E-state index in [9.17, 15) is 9.59 Å². The molecule has 112 valence electrons. The van der Waals surface area contributed by atoms with E-state index in [0.29, 0.717) is 12.1 Å². The van der Waals surface area contributed by atoms with Crippen LogP contribution in [0.25, 0.3) is 0 Å². The van der Waals surface area contributed by atoms with Gasteiger partial charge in [-0.05, 0) is 54.8 Å². The highest BCUT2D eigenvalue weighted by Gasteiger charge is 2.26. The third-order valence-corrected chi connectivity index (χ3v) is 4.07. The Kier molecular flexibility index (Phi) is 3.67. The van der Waals surface area contributed by atoms with Gasteiger partial charge in [0.1, 0.15) is 0 Å². The number of aryl methyl sites for hydroxylation is 1. The highest BCUT2D eigenvalue weighted by Crippen LogP contribution is 2.26. The number of amides is 1. The fourth-order valence-electron chi connectivity index (χ4n) is 2.85. The van der Waals surface area contributed by atoms with Crippen molar-refractivity contribution in [3.05, 3.63) is 64.7 Å². The molecule has 0 saturated carbocycles. The molecule has 22 heavy (non-hydrogen) atoms. The summed E-state index contributed by atoms with van der Waals surface area (Å²) >= 11 is 0. The molecule has 1 aliphatic heterocycles. The summed E-state index contributed by atoms with van der Waals surface area (Å²) in [5.74, 6) is -0.367. The highest BCUT2D eigenvalue weighted by molar-refractivity contribution is 6.08. The third kappa shape index (κ3) is 2.37. The number of nitrogens with zero attached hydrogens (tertiary/aromatic N) is 1. The van der Waals surface area contributed by atoms with Gasteiger partial charge in [0.2, 0.25) is 0 Å². The average Bonchev–Trinajstić information content (AvgIpc) is 2.55. The lowest BCUT2D eigenvalue weighted by Crippen LogP contribution is -2.37. The minimum absolute atomic E-state index is 0.00997. The Labute approximate surface area is 129 Å². The minimum Gasteiger partial charge on any atom is -0.465 e. The number of carbonyl (C=O) groups is 2. The fraction of sp³-hybridized carbons (Fsp3) is 0.222. The number of hydrogen-bond donors (Lipinski definition) is 0. The molecular formula is C18H17NO3. The van der Waals surface area contributed by atoms with E-state index < -0.39 is 0 Å². The molecule has 0 aliphatic carbocycles. The fourth-order valence-corrected chi connectivity index (χ4v) is 2.85. The second-order valence-corrected chi connectivity index (χ2v) is 5.35. The molecule has 2 aromatic carbocycles. The van der Waals surface area contributed by atoms with Crippen LogP contribution in [-0.4, -0.2) is 25.5 Å². The molecular weight excluding hydrogens is 278 g/mol. The molecule has 0 fully saturated rings. The SMILES string of the molecule is COC(=O)c1ccc(N2CCc3c(C)cccc3C2=O)cc1. The van der Waals surface area contributed by atoms with Gasteiger partial charge in [-0.2, -0.15) is 0 Å². The number of benzene rings is 2. The summed E-state index contributed by atoms with van der Waals surface area (Å²) in [7, 11) is 1.35. The standard InChI is InChI=1S/C18H17NO3/c1-12-4-3-5-16-15(12)10-11-19(17(16)20)14-8-6-13(7-9-14)18(21)22-2/h3-9H,10-11H2,1-2H3. The molecule has 3 rings (SSSR count). The van der Waals surface area contributed by atoms with Crippen LogP contribution in [0.1, 0.15) is 31.8 Å². The quantitative estimate of drug-likeness (QED) is 0.800. The van der Waals surface area contributed by atoms with Crippen molar-refractivity contribution >= 4 is 17.6 Å². The number of anilines is 1. The third-order valence-electron chi connectivity index (χ3n) is 4.07. The van der Waals surface area contributed by atoms with Gasteiger partial charge in [0, 0.05) is 17.8 Å². The van der Waals surface area contributed by atoms with Crippen LogP contribution in [0.3, 0.4) is 0 Å². The summed E-state index contributed by atoms with van der Waals surface area (Å²) in [5, 5.41) is 0. The van der Waals surface area contributed by atoms with Crippen LogP contribution in [0, 0.1) is 6.92 Å². The molecule has 1 amide bonds. The van der Waals surface area contributed by atoms with Crippen molar-refractivity contribution in [2.75, 3.05) is 18.6 Å². The summed E-state index contributed by atoms with van der Waals surface area (Å²) < 4.78 is 4.68. The molecule has 0 bridgehead atoms. The van der Waals surface area contributed by atoms with Gasteiger partial charge in [0.25, 0.3) is 5.91 Å². The molecule has 1 aliphatic rings. The lowest BCUT2D eigenvalue weighted by atomic mass is 9.94. The van der Waals surface area contributed by atoms with E-state index in [0.717, 1.165) is 28.8 Å². The molecule has 0 unspecified atom stereocenters. The topological polar surface area (TPSA) is 46.6 Å². The molecule has 2 aromatic rings. The number of esters is 1. The largest absolute Gasteiger partial charge is 0.465 e. The van der Waals surface area contributed by atoms with Crippen molar-refractivity contribution in [3.63, 3.8) is 0 Å². The molecule has 0 spiro atoms. The lowest BCUT2D eigenvalue weighted by molar-refractivity contribution is 0.0600. The molecule has 0 saturated heterocycles. The van der Waals surface area contributed by atoms with E-state index in [2.05, 4.69) is 4.74 Å². The van der Waals surface area contributed by atoms with Crippen LogP contribution < -0.4 is 4.90 Å². The second-order valence-electron chi connectivity index (χ2n) is 5.35. The first-order chi connectivity index (χ1) is 10.6. The van der Waals surface area contributed by atoms with Crippen LogP contribution in [0.5, 0.6) is 0 Å². The molecule has 0 radical (unpaired) electrons. The Morgan fingerprint density at radius 2 is 1.86 bits per heavy atom. The van der Waals surface area contributed by atoms with Gasteiger partial charge < -0.3 is 9.64 Å². The van der Waals surface area contributed by atoms with E-state index in [-0.39, 0.29) is 11.9 Å². The Bertz CT molecular complexity index is 734. The number of methoxy groups -OCH3 is 1. The molecule has 0 N–H and O–H groups in total. The highest BCUT2D eigenvalue weighted by atomic mass is 16.5. The number of carbonyl (C=O) groups excluding carboxylic acids is 2. The van der Waals surface area contributed by atoms with Gasteiger partial charge in [-0.1, -0.05) is 12.1 Å². The van der Waals surface area contributed by atoms with E-state index >= 15 is 0 Å². The Balaban J connectivity index is 1.91. The number of hydrogen-bond acceptors (Lipinski definition) is 3. The maximum absolute atomic E-state index is 12.7. The molecule has 4 nitrogen and oxygen atoms in total.